The Morgan fingerprint density at radius 3 is 2.27 bits per heavy atom. The smallest absolute Gasteiger partial charge is 0.333 e. The molecule has 9 heteroatoms. The third-order valence-corrected chi connectivity index (χ3v) is 6.13. The van der Waals surface area contributed by atoms with Crippen LogP contribution in [0.15, 0.2) is 66.7 Å². The monoisotopic (exact) mass is 502 g/mol. The summed E-state index contributed by atoms with van der Waals surface area (Å²) in [6.07, 6.45) is 0. The van der Waals surface area contributed by atoms with E-state index < -0.39 is 29.8 Å². The quantitative estimate of drug-likeness (QED) is 0.351. The first-order chi connectivity index (χ1) is 15.8. The summed E-state index contributed by atoms with van der Waals surface area (Å²) in [5, 5.41) is 4.00. The molecule has 2 unspecified atom stereocenters. The van der Waals surface area contributed by atoms with Crippen LogP contribution in [0, 0.1) is 5.82 Å². The van der Waals surface area contributed by atoms with Crippen molar-refractivity contribution in [2.75, 3.05) is 12.4 Å². The molecule has 1 aliphatic rings. The number of hydrogen-bond acceptors (Lipinski definition) is 4. The molecule has 0 aliphatic carbocycles. The Balaban J connectivity index is 1.97. The van der Waals surface area contributed by atoms with Crippen LogP contribution in [0.3, 0.4) is 0 Å². The summed E-state index contributed by atoms with van der Waals surface area (Å²) in [7, 11) is 1.23. The van der Waals surface area contributed by atoms with E-state index in [0.717, 1.165) is 6.07 Å². The number of benzene rings is 3. The molecule has 3 aromatic rings. The number of ether oxygens (including phenoxy) is 1. The number of amides is 1. The van der Waals surface area contributed by atoms with Crippen LogP contribution in [0.5, 0.6) is 0 Å². The Bertz CT molecular complexity index is 1190. The highest BCUT2D eigenvalue weighted by Gasteiger charge is 2.42. The fourth-order valence-electron chi connectivity index (χ4n) is 3.78. The van der Waals surface area contributed by atoms with E-state index in [2.05, 4.69) is 5.32 Å². The lowest BCUT2D eigenvalue weighted by atomic mass is 9.98. The normalized spacial score (nSPS) is 16.5. The van der Waals surface area contributed by atoms with Crippen molar-refractivity contribution in [3.05, 3.63) is 99.3 Å². The number of fused-ring (bicyclic) bond motifs is 1. The fourth-order valence-corrected chi connectivity index (χ4v) is 4.39. The van der Waals surface area contributed by atoms with Crippen LogP contribution in [0.25, 0.3) is 0 Å². The molecule has 33 heavy (non-hydrogen) atoms. The highest BCUT2D eigenvalue weighted by molar-refractivity contribution is 7.80. The van der Waals surface area contributed by atoms with E-state index in [9.17, 15) is 14.0 Å². The average molecular weight is 503 g/mol. The lowest BCUT2D eigenvalue weighted by Gasteiger charge is -2.36. The van der Waals surface area contributed by atoms with Crippen LogP contribution in [0.1, 0.15) is 33.6 Å². The van der Waals surface area contributed by atoms with Crippen molar-refractivity contribution in [3.63, 3.8) is 0 Å². The number of carbonyl (C=O) groups is 2. The maximum Gasteiger partial charge on any atom is 0.333 e. The van der Waals surface area contributed by atoms with Gasteiger partial charge in [0.15, 0.2) is 6.04 Å². The average Bonchev–Trinajstić information content (AvgIpc) is 2.90. The van der Waals surface area contributed by atoms with Crippen molar-refractivity contribution in [2.24, 2.45) is 0 Å². The predicted molar refractivity (Wildman–Crippen MR) is 129 cm³/mol. The largest absolute Gasteiger partial charge is 0.467 e. The van der Waals surface area contributed by atoms with Crippen LogP contribution in [0.4, 0.5) is 10.1 Å². The number of nitrogens with one attached hydrogen (secondary N) is 1. The van der Waals surface area contributed by atoms with Gasteiger partial charge in [0.05, 0.1) is 18.4 Å². The molecule has 0 fully saturated rings. The van der Waals surface area contributed by atoms with Crippen LogP contribution in [-0.2, 0) is 9.53 Å². The molecule has 0 spiro atoms. The van der Waals surface area contributed by atoms with Gasteiger partial charge in [-0.2, -0.15) is 0 Å². The topological polar surface area (TPSA) is 58.6 Å². The molecule has 168 valence electrons. The van der Waals surface area contributed by atoms with Crippen molar-refractivity contribution in [1.29, 1.82) is 0 Å². The number of esters is 1. The Labute approximate surface area is 205 Å². The molecule has 1 aliphatic heterocycles. The molecule has 0 saturated heterocycles. The van der Waals surface area contributed by atoms with Gasteiger partial charge in [-0.25, -0.2) is 9.18 Å². The number of hydrogen-bond donors (Lipinski definition) is 1. The molecular formula is C24H17Cl2FN2O3S. The summed E-state index contributed by atoms with van der Waals surface area (Å²) < 4.78 is 19.2. The number of methoxy groups -OCH3 is 1. The van der Waals surface area contributed by atoms with Crippen molar-refractivity contribution in [3.8, 4) is 0 Å². The van der Waals surface area contributed by atoms with Gasteiger partial charge < -0.3 is 15.0 Å². The van der Waals surface area contributed by atoms with Gasteiger partial charge >= 0.3 is 5.97 Å². The summed E-state index contributed by atoms with van der Waals surface area (Å²) in [4.78, 5) is 28.5. The molecule has 1 N–H and O–H groups in total. The minimum absolute atomic E-state index is 0.0386. The number of anilines is 1. The van der Waals surface area contributed by atoms with Crippen LogP contribution in [0.2, 0.25) is 10.0 Å². The van der Waals surface area contributed by atoms with Gasteiger partial charge in [-0.3, -0.25) is 4.79 Å². The maximum atomic E-state index is 14.1. The van der Waals surface area contributed by atoms with Gasteiger partial charge in [0, 0.05) is 10.0 Å². The van der Waals surface area contributed by atoms with Gasteiger partial charge in [0.1, 0.15) is 16.8 Å². The van der Waals surface area contributed by atoms with E-state index in [1.54, 1.807) is 48.5 Å². The van der Waals surface area contributed by atoms with E-state index in [1.807, 2.05) is 0 Å². The fraction of sp³-hybridized carbons (Fsp3) is 0.125. The Kier molecular flexibility index (Phi) is 6.65. The third kappa shape index (κ3) is 4.57. The lowest BCUT2D eigenvalue weighted by molar-refractivity contribution is -0.146. The summed E-state index contributed by atoms with van der Waals surface area (Å²) in [6, 6.07) is 14.9. The third-order valence-electron chi connectivity index (χ3n) is 5.31. The molecule has 5 nitrogen and oxygen atoms in total. The summed E-state index contributed by atoms with van der Waals surface area (Å²) >= 11 is 17.8. The van der Waals surface area contributed by atoms with Crippen molar-refractivity contribution in [2.45, 2.75) is 12.1 Å². The predicted octanol–water partition coefficient (Wildman–Crippen LogP) is 5.98. The summed E-state index contributed by atoms with van der Waals surface area (Å²) in [5.41, 5.74) is 1.45. The highest BCUT2D eigenvalue weighted by Crippen LogP contribution is 2.39. The van der Waals surface area contributed by atoms with Crippen LogP contribution >= 0.6 is 35.4 Å². The van der Waals surface area contributed by atoms with E-state index in [-0.39, 0.29) is 10.6 Å². The first kappa shape index (κ1) is 23.2. The Morgan fingerprint density at radius 1 is 1.06 bits per heavy atom. The lowest BCUT2D eigenvalue weighted by Crippen LogP contribution is -2.44. The first-order valence-corrected chi connectivity index (χ1v) is 11.0. The second-order valence-corrected chi connectivity index (χ2v) is 8.64. The molecule has 0 radical (unpaired) electrons. The highest BCUT2D eigenvalue weighted by atomic mass is 35.5. The summed E-state index contributed by atoms with van der Waals surface area (Å²) in [5.74, 6) is -1.88. The molecule has 4 rings (SSSR count). The second-order valence-electron chi connectivity index (χ2n) is 7.32. The number of rotatable bonds is 4. The maximum absolute atomic E-state index is 14.1. The zero-order valence-electron chi connectivity index (χ0n) is 17.2. The van der Waals surface area contributed by atoms with Gasteiger partial charge in [0.25, 0.3) is 5.91 Å². The van der Waals surface area contributed by atoms with Crippen molar-refractivity contribution < 1.29 is 18.7 Å². The molecule has 0 aromatic heterocycles. The molecule has 1 heterocycles. The minimum atomic E-state index is -1.19. The van der Waals surface area contributed by atoms with E-state index in [4.69, 9.17) is 40.2 Å². The van der Waals surface area contributed by atoms with Crippen LogP contribution < -0.4 is 5.32 Å². The van der Waals surface area contributed by atoms with E-state index >= 15 is 0 Å². The second kappa shape index (κ2) is 9.47. The van der Waals surface area contributed by atoms with Gasteiger partial charge in [-0.1, -0.05) is 59.7 Å². The Morgan fingerprint density at radius 2 is 1.67 bits per heavy atom. The SMILES string of the molecule is COC(=O)C(c1ccc(Cl)cc1)N1C(=O)c2cc(F)ccc2NC(=S)C1c1ccc(Cl)cc1. The molecular weight excluding hydrogens is 486 g/mol. The Hall–Kier alpha value is -3.00. The van der Waals surface area contributed by atoms with E-state index in [1.165, 1.54) is 24.1 Å². The molecule has 0 saturated carbocycles. The minimum Gasteiger partial charge on any atom is -0.467 e. The van der Waals surface area contributed by atoms with Crippen molar-refractivity contribution in [1.82, 2.24) is 4.90 Å². The van der Waals surface area contributed by atoms with Gasteiger partial charge in [0.2, 0.25) is 0 Å². The molecule has 1 amide bonds. The zero-order valence-corrected chi connectivity index (χ0v) is 19.5. The van der Waals surface area contributed by atoms with Gasteiger partial charge in [-0.15, -0.1) is 0 Å². The zero-order chi connectivity index (χ0) is 23.7. The number of thiocarbonyl (C=S) groups is 1. The number of halogens is 3. The van der Waals surface area contributed by atoms with Crippen LogP contribution in [-0.4, -0.2) is 28.9 Å². The summed E-state index contributed by atoms with van der Waals surface area (Å²) in [6.45, 7) is 0. The molecule has 3 aromatic carbocycles. The standard InChI is InChI=1S/C24H17Cl2FN2O3S/c1-32-24(31)21(14-4-8-16(26)9-5-14)29-20(13-2-6-15(25)7-3-13)22(33)28-19-11-10-17(27)12-18(19)23(29)30/h2-12,20-21H,1H3,(H,28,33). The molecule has 0 bridgehead atoms. The van der Waals surface area contributed by atoms with Crippen molar-refractivity contribution >= 4 is 58.0 Å². The molecule has 2 atom stereocenters. The number of carbonyl (C=O) groups excluding carboxylic acids is 2. The van der Waals surface area contributed by atoms with Gasteiger partial charge in [-0.05, 0) is 53.6 Å². The number of nitrogens with zero attached hydrogens (tertiary/aromatic N) is 1. The van der Waals surface area contributed by atoms with E-state index in [0.29, 0.717) is 26.9 Å². The first-order valence-electron chi connectivity index (χ1n) is 9.82.